The monoisotopic (exact) mass is 506 g/mol. The average molecular weight is 507 g/mol. The van der Waals surface area contributed by atoms with E-state index in [0.29, 0.717) is 29.2 Å². The molecule has 3 aromatic rings. The first-order chi connectivity index (χ1) is 17.7. The lowest BCUT2D eigenvalue weighted by atomic mass is 10.0. The minimum atomic E-state index is -2.49. The summed E-state index contributed by atoms with van der Waals surface area (Å²) in [7, 11) is -2.49. The molecule has 2 atom stereocenters. The Labute approximate surface area is 227 Å². The Morgan fingerprint density at radius 2 is 1.03 bits per heavy atom. The van der Waals surface area contributed by atoms with Gasteiger partial charge < -0.3 is 0 Å². The lowest BCUT2D eigenvalue weighted by Gasteiger charge is -2.39. The molecule has 1 aliphatic carbocycles. The second-order valence-electron chi connectivity index (χ2n) is 12.0. The van der Waals surface area contributed by atoms with Crippen LogP contribution < -0.4 is 15.6 Å². The highest BCUT2D eigenvalue weighted by atomic mass is 28.3. The van der Waals surface area contributed by atoms with Gasteiger partial charge in [-0.1, -0.05) is 146 Å². The summed E-state index contributed by atoms with van der Waals surface area (Å²) >= 11 is 0. The minimum absolute atomic E-state index is 0.378. The predicted octanol–water partition coefficient (Wildman–Crippen LogP) is 8.44. The molecule has 0 N–H and O–H groups in total. The first-order valence-electron chi connectivity index (χ1n) is 14.4. The molecule has 3 aromatic carbocycles. The Kier molecular flexibility index (Phi) is 8.44. The predicted molar refractivity (Wildman–Crippen MR) is 167 cm³/mol. The summed E-state index contributed by atoms with van der Waals surface area (Å²) in [5.41, 5.74) is 6.18. The van der Waals surface area contributed by atoms with E-state index >= 15 is 0 Å². The molecule has 0 spiro atoms. The van der Waals surface area contributed by atoms with Crippen LogP contribution in [-0.4, -0.2) is 8.07 Å². The van der Waals surface area contributed by atoms with Crippen molar-refractivity contribution in [2.75, 3.05) is 0 Å². The van der Waals surface area contributed by atoms with Crippen LogP contribution in [-0.2, 0) is 0 Å². The molecule has 0 saturated heterocycles. The summed E-state index contributed by atoms with van der Waals surface area (Å²) < 4.78 is 0. The summed E-state index contributed by atoms with van der Waals surface area (Å²) in [4.78, 5) is 0. The standard InChI is InChI=1S/C36H46Si/c1-9-28(8)32-19-20-36(24-32)37(33-16-10-13-29(21-33)25(2)3,34-17-11-14-30(22-34)26(4)5)35-18-12-15-31(23-35)27(6)7/h10-28,36H,9H2,1-8H3. The van der Waals surface area contributed by atoms with Crippen LogP contribution in [0.4, 0.5) is 0 Å². The van der Waals surface area contributed by atoms with Crippen LogP contribution in [0.3, 0.4) is 0 Å². The van der Waals surface area contributed by atoms with Gasteiger partial charge in [0.1, 0.15) is 0 Å². The fourth-order valence-electron chi connectivity index (χ4n) is 5.87. The molecule has 2 unspecified atom stereocenters. The number of rotatable bonds is 9. The molecule has 1 aliphatic rings. The van der Waals surface area contributed by atoms with Gasteiger partial charge in [-0.2, -0.15) is 0 Å². The van der Waals surface area contributed by atoms with E-state index in [1.807, 2.05) is 0 Å². The average Bonchev–Trinajstić information content (AvgIpc) is 3.40. The zero-order chi connectivity index (χ0) is 26.7. The van der Waals surface area contributed by atoms with E-state index in [1.165, 1.54) is 44.2 Å². The van der Waals surface area contributed by atoms with E-state index in [0.717, 1.165) is 0 Å². The Balaban J connectivity index is 2.12. The van der Waals surface area contributed by atoms with Crippen LogP contribution in [0.2, 0.25) is 5.54 Å². The van der Waals surface area contributed by atoms with E-state index in [4.69, 9.17) is 0 Å². The van der Waals surface area contributed by atoms with Crippen molar-refractivity contribution in [1.29, 1.82) is 0 Å². The fourth-order valence-corrected chi connectivity index (χ4v) is 11.1. The van der Waals surface area contributed by atoms with Crippen molar-refractivity contribution in [3.8, 4) is 0 Å². The smallest absolute Gasteiger partial charge is 0.0790 e. The van der Waals surface area contributed by atoms with Crippen molar-refractivity contribution in [2.24, 2.45) is 5.92 Å². The zero-order valence-corrected chi connectivity index (χ0v) is 25.3. The summed E-state index contributed by atoms with van der Waals surface area (Å²) in [6.07, 6.45) is 8.78. The summed E-state index contributed by atoms with van der Waals surface area (Å²) in [5, 5.41) is 4.57. The molecular formula is C36H46Si. The maximum Gasteiger partial charge on any atom is 0.158 e. The molecule has 0 nitrogen and oxygen atoms in total. The van der Waals surface area contributed by atoms with Crippen molar-refractivity contribution < 1.29 is 0 Å². The minimum Gasteiger partial charge on any atom is -0.0790 e. The third-order valence-electron chi connectivity index (χ3n) is 8.58. The number of hydrogen-bond acceptors (Lipinski definition) is 0. The molecule has 0 radical (unpaired) electrons. The maximum absolute atomic E-state index is 2.63. The Hall–Kier alpha value is -2.64. The second-order valence-corrected chi connectivity index (χ2v) is 16.0. The van der Waals surface area contributed by atoms with Crippen molar-refractivity contribution in [2.45, 2.75) is 85.1 Å². The molecule has 0 aliphatic heterocycles. The van der Waals surface area contributed by atoms with Gasteiger partial charge in [-0.25, -0.2) is 0 Å². The fraction of sp³-hybridized carbons (Fsp3) is 0.389. The van der Waals surface area contributed by atoms with Gasteiger partial charge in [0.2, 0.25) is 0 Å². The number of allylic oxidation sites excluding steroid dienone is 4. The van der Waals surface area contributed by atoms with Crippen molar-refractivity contribution >= 4 is 23.6 Å². The third-order valence-corrected chi connectivity index (χ3v) is 13.6. The quantitative estimate of drug-likeness (QED) is 0.202. The van der Waals surface area contributed by atoms with Gasteiger partial charge in [0.25, 0.3) is 0 Å². The van der Waals surface area contributed by atoms with Gasteiger partial charge in [-0.05, 0) is 67.9 Å². The maximum atomic E-state index is 2.63. The first kappa shape index (κ1) is 27.4. The van der Waals surface area contributed by atoms with Crippen LogP contribution in [0.1, 0.15) is 96.3 Å². The topological polar surface area (TPSA) is 0 Å². The zero-order valence-electron chi connectivity index (χ0n) is 24.3. The van der Waals surface area contributed by atoms with Gasteiger partial charge in [0, 0.05) is 5.54 Å². The SMILES string of the molecule is CCC(C)C1=CC([Si](c2cccc(C(C)C)c2)(c2cccc(C(C)C)c2)c2cccc(C(C)C)c2)C=C1. The lowest BCUT2D eigenvalue weighted by Crippen LogP contribution is -2.69. The van der Waals surface area contributed by atoms with Crippen LogP contribution in [0, 0.1) is 5.92 Å². The highest BCUT2D eigenvalue weighted by Crippen LogP contribution is 2.36. The van der Waals surface area contributed by atoms with Gasteiger partial charge in [-0.15, -0.1) is 0 Å². The molecule has 0 aromatic heterocycles. The molecule has 1 heteroatoms. The molecule has 0 heterocycles. The largest absolute Gasteiger partial charge is 0.158 e. The van der Waals surface area contributed by atoms with Gasteiger partial charge in [0.15, 0.2) is 8.07 Å². The van der Waals surface area contributed by atoms with Crippen LogP contribution >= 0.6 is 0 Å². The Bertz CT molecular complexity index is 1150. The van der Waals surface area contributed by atoms with Crippen molar-refractivity contribution in [1.82, 2.24) is 0 Å². The number of benzene rings is 3. The summed E-state index contributed by atoms with van der Waals surface area (Å²) in [6.45, 7) is 18.6. The van der Waals surface area contributed by atoms with E-state index in [1.54, 1.807) is 0 Å². The Morgan fingerprint density at radius 3 is 1.38 bits per heavy atom. The van der Waals surface area contributed by atoms with Crippen molar-refractivity contribution in [3.63, 3.8) is 0 Å². The normalized spacial score (nSPS) is 16.6. The lowest BCUT2D eigenvalue weighted by molar-refractivity contribution is 0.671. The molecule has 0 bridgehead atoms. The summed E-state index contributed by atoms with van der Waals surface area (Å²) in [6, 6.07) is 28.8. The molecule has 0 fully saturated rings. The highest BCUT2D eigenvalue weighted by molar-refractivity contribution is 7.13. The highest BCUT2D eigenvalue weighted by Gasteiger charge is 2.46. The summed E-state index contributed by atoms with van der Waals surface area (Å²) in [5.74, 6) is 2.09. The van der Waals surface area contributed by atoms with E-state index in [9.17, 15) is 0 Å². The molecule has 0 amide bonds. The van der Waals surface area contributed by atoms with Crippen LogP contribution in [0.15, 0.2) is 96.6 Å². The molecule has 37 heavy (non-hydrogen) atoms. The van der Waals surface area contributed by atoms with E-state index < -0.39 is 8.07 Å². The Morgan fingerprint density at radius 1 is 0.622 bits per heavy atom. The second kappa shape index (κ2) is 11.4. The molecule has 194 valence electrons. The molecule has 0 saturated carbocycles. The van der Waals surface area contributed by atoms with Gasteiger partial charge in [-0.3, -0.25) is 0 Å². The first-order valence-corrected chi connectivity index (χ1v) is 16.5. The van der Waals surface area contributed by atoms with Crippen LogP contribution in [0.5, 0.6) is 0 Å². The molecular weight excluding hydrogens is 460 g/mol. The van der Waals surface area contributed by atoms with E-state index in [-0.39, 0.29) is 0 Å². The van der Waals surface area contributed by atoms with E-state index in [2.05, 4.69) is 146 Å². The van der Waals surface area contributed by atoms with Gasteiger partial charge in [0.05, 0.1) is 0 Å². The third kappa shape index (κ3) is 5.34. The molecule has 4 rings (SSSR count). The van der Waals surface area contributed by atoms with Crippen LogP contribution in [0.25, 0.3) is 0 Å². The van der Waals surface area contributed by atoms with Gasteiger partial charge >= 0.3 is 0 Å². The number of hydrogen-bond donors (Lipinski definition) is 0. The van der Waals surface area contributed by atoms with Crippen molar-refractivity contribution in [3.05, 3.63) is 113 Å².